The summed E-state index contributed by atoms with van der Waals surface area (Å²) in [5.41, 5.74) is -0.236. The van der Waals surface area contributed by atoms with Crippen molar-refractivity contribution >= 4 is 0 Å². The molecule has 0 aromatic rings. The molecule has 0 heterocycles. The summed E-state index contributed by atoms with van der Waals surface area (Å²) in [5, 5.41) is 19.7. The Hall–Kier alpha value is -0.0800. The van der Waals surface area contributed by atoms with Gasteiger partial charge in [-0.3, -0.25) is 0 Å². The first-order valence-corrected chi connectivity index (χ1v) is 8.04. The lowest BCUT2D eigenvalue weighted by Crippen LogP contribution is -2.37. The van der Waals surface area contributed by atoms with Gasteiger partial charge in [0, 0.05) is 0 Å². The third kappa shape index (κ3) is 5.43. The predicted octanol–water partition coefficient (Wildman–Crippen LogP) is 4.14. The van der Waals surface area contributed by atoms with E-state index >= 15 is 0 Å². The highest BCUT2D eigenvalue weighted by Gasteiger charge is 2.38. The van der Waals surface area contributed by atoms with E-state index in [1.54, 1.807) is 0 Å². The molecule has 2 N–H and O–H groups in total. The number of hydrogen-bond acceptors (Lipinski definition) is 2. The second-order valence-electron chi connectivity index (χ2n) is 7.87. The maximum Gasteiger partial charge on any atom is 0.0591 e. The molecule has 0 aromatic carbocycles. The van der Waals surface area contributed by atoms with Gasteiger partial charge in [0.05, 0.1) is 11.7 Å². The van der Waals surface area contributed by atoms with Crippen LogP contribution in [0.15, 0.2) is 0 Å². The van der Waals surface area contributed by atoms with Gasteiger partial charge in [-0.2, -0.15) is 0 Å². The second kappa shape index (κ2) is 6.58. The van der Waals surface area contributed by atoms with Gasteiger partial charge < -0.3 is 10.2 Å². The molecule has 0 bridgehead atoms. The lowest BCUT2D eigenvalue weighted by Gasteiger charge is -2.44. The van der Waals surface area contributed by atoms with Gasteiger partial charge in [0.2, 0.25) is 0 Å². The summed E-state index contributed by atoms with van der Waals surface area (Å²) < 4.78 is 0. The van der Waals surface area contributed by atoms with Crippen LogP contribution < -0.4 is 0 Å². The van der Waals surface area contributed by atoms with Gasteiger partial charge >= 0.3 is 0 Å². The Morgan fingerprint density at radius 3 is 2.47 bits per heavy atom. The molecule has 1 rings (SSSR count). The van der Waals surface area contributed by atoms with Crippen LogP contribution in [-0.4, -0.2) is 21.9 Å². The summed E-state index contributed by atoms with van der Waals surface area (Å²) in [6.07, 6.45) is 7.41. The molecule has 1 fully saturated rings. The van der Waals surface area contributed by atoms with Crippen molar-refractivity contribution in [3.8, 4) is 0 Å². The van der Waals surface area contributed by atoms with Crippen LogP contribution in [-0.2, 0) is 0 Å². The van der Waals surface area contributed by atoms with Crippen molar-refractivity contribution in [2.24, 2.45) is 17.3 Å². The molecule has 0 saturated heterocycles. The topological polar surface area (TPSA) is 40.5 Å². The van der Waals surface area contributed by atoms with Gasteiger partial charge in [0.15, 0.2) is 0 Å². The minimum absolute atomic E-state index is 0.0928. The average molecular weight is 270 g/mol. The molecule has 114 valence electrons. The van der Waals surface area contributed by atoms with Crippen LogP contribution in [0.3, 0.4) is 0 Å². The first-order chi connectivity index (χ1) is 8.64. The second-order valence-corrected chi connectivity index (χ2v) is 7.87. The number of hydrogen-bond donors (Lipinski definition) is 2. The molecule has 4 atom stereocenters. The van der Waals surface area contributed by atoms with Crippen molar-refractivity contribution in [3.63, 3.8) is 0 Å². The van der Waals surface area contributed by atoms with Crippen molar-refractivity contribution in [1.82, 2.24) is 0 Å². The van der Waals surface area contributed by atoms with Gasteiger partial charge in [0.25, 0.3) is 0 Å². The normalized spacial score (nSPS) is 32.1. The molecule has 0 amide bonds. The summed E-state index contributed by atoms with van der Waals surface area (Å²) in [7, 11) is 0. The Kier molecular flexibility index (Phi) is 5.88. The minimum atomic E-state index is -0.534. The van der Waals surface area contributed by atoms with Crippen LogP contribution in [0.5, 0.6) is 0 Å². The van der Waals surface area contributed by atoms with E-state index in [9.17, 15) is 10.2 Å². The highest BCUT2D eigenvalue weighted by Crippen LogP contribution is 2.46. The Bertz CT molecular complexity index is 269. The standard InChI is InChI=1S/C17H34O2/c1-13(8-6-10-16(3,4)19)14(2)17(5)11-7-9-15(18)12-17/h13-15,18-19H,6-12H2,1-5H3/t13-,14+,15-,17-/m0/s1. The van der Waals surface area contributed by atoms with Gasteiger partial charge in [-0.25, -0.2) is 0 Å². The zero-order valence-corrected chi connectivity index (χ0v) is 13.6. The third-order valence-electron chi connectivity index (χ3n) is 5.39. The fourth-order valence-corrected chi connectivity index (χ4v) is 3.69. The highest BCUT2D eigenvalue weighted by molar-refractivity contribution is 4.88. The van der Waals surface area contributed by atoms with E-state index in [0.29, 0.717) is 17.3 Å². The molecule has 19 heavy (non-hydrogen) atoms. The van der Waals surface area contributed by atoms with Crippen LogP contribution in [0.25, 0.3) is 0 Å². The van der Waals surface area contributed by atoms with Crippen LogP contribution in [0, 0.1) is 17.3 Å². The van der Waals surface area contributed by atoms with E-state index < -0.39 is 5.60 Å². The number of aliphatic hydroxyl groups excluding tert-OH is 1. The molecule has 2 nitrogen and oxygen atoms in total. The molecular weight excluding hydrogens is 236 g/mol. The average Bonchev–Trinajstić information content (AvgIpc) is 2.25. The summed E-state index contributed by atoms with van der Waals surface area (Å²) in [4.78, 5) is 0. The van der Waals surface area contributed by atoms with Crippen LogP contribution in [0.1, 0.15) is 79.6 Å². The summed E-state index contributed by atoms with van der Waals surface area (Å²) in [6.45, 7) is 10.8. The quantitative estimate of drug-likeness (QED) is 0.761. The summed E-state index contributed by atoms with van der Waals surface area (Å²) in [6, 6.07) is 0. The van der Waals surface area contributed by atoms with E-state index in [1.807, 2.05) is 13.8 Å². The van der Waals surface area contributed by atoms with E-state index in [2.05, 4.69) is 20.8 Å². The Morgan fingerprint density at radius 2 is 1.95 bits per heavy atom. The first kappa shape index (κ1) is 17.0. The Balaban J connectivity index is 2.44. The molecule has 0 aromatic heterocycles. The molecular formula is C17H34O2. The Labute approximate surface area is 119 Å². The van der Waals surface area contributed by atoms with E-state index in [0.717, 1.165) is 25.7 Å². The minimum Gasteiger partial charge on any atom is -0.393 e. The van der Waals surface area contributed by atoms with Crippen LogP contribution in [0.4, 0.5) is 0 Å². The van der Waals surface area contributed by atoms with Gasteiger partial charge in [0.1, 0.15) is 0 Å². The zero-order valence-electron chi connectivity index (χ0n) is 13.6. The molecule has 1 aliphatic rings. The van der Waals surface area contributed by atoms with E-state index in [-0.39, 0.29) is 6.10 Å². The smallest absolute Gasteiger partial charge is 0.0591 e. The largest absolute Gasteiger partial charge is 0.393 e. The van der Waals surface area contributed by atoms with Crippen molar-refractivity contribution in [3.05, 3.63) is 0 Å². The highest BCUT2D eigenvalue weighted by atomic mass is 16.3. The van der Waals surface area contributed by atoms with Crippen molar-refractivity contribution in [1.29, 1.82) is 0 Å². The molecule has 0 unspecified atom stereocenters. The van der Waals surface area contributed by atoms with Crippen molar-refractivity contribution < 1.29 is 10.2 Å². The fraction of sp³-hybridized carbons (Fsp3) is 1.00. The number of aliphatic hydroxyl groups is 2. The Morgan fingerprint density at radius 1 is 1.32 bits per heavy atom. The van der Waals surface area contributed by atoms with Crippen molar-refractivity contribution in [2.45, 2.75) is 91.3 Å². The zero-order chi connectivity index (χ0) is 14.7. The van der Waals surface area contributed by atoms with Crippen molar-refractivity contribution in [2.75, 3.05) is 0 Å². The summed E-state index contributed by atoms with van der Waals surface area (Å²) >= 11 is 0. The van der Waals surface area contributed by atoms with Crippen LogP contribution >= 0.6 is 0 Å². The monoisotopic (exact) mass is 270 g/mol. The molecule has 0 spiro atoms. The van der Waals surface area contributed by atoms with Gasteiger partial charge in [-0.15, -0.1) is 0 Å². The maximum atomic E-state index is 9.93. The molecule has 0 radical (unpaired) electrons. The molecule has 1 aliphatic carbocycles. The SMILES string of the molecule is C[C@H]([C@@H](C)CCCC(C)(C)O)[C@@]1(C)CCC[C@H](O)C1. The van der Waals surface area contributed by atoms with E-state index in [4.69, 9.17) is 0 Å². The maximum absolute atomic E-state index is 9.93. The predicted molar refractivity (Wildman–Crippen MR) is 81.1 cm³/mol. The lowest BCUT2D eigenvalue weighted by molar-refractivity contribution is 0.00550. The first-order valence-electron chi connectivity index (χ1n) is 8.04. The molecule has 2 heteroatoms. The molecule has 0 aliphatic heterocycles. The lowest BCUT2D eigenvalue weighted by atomic mass is 9.63. The fourth-order valence-electron chi connectivity index (χ4n) is 3.69. The number of rotatable bonds is 6. The van der Waals surface area contributed by atoms with Gasteiger partial charge in [-0.05, 0) is 56.8 Å². The molecule has 1 saturated carbocycles. The van der Waals surface area contributed by atoms with E-state index in [1.165, 1.54) is 19.3 Å². The third-order valence-corrected chi connectivity index (χ3v) is 5.39. The van der Waals surface area contributed by atoms with Gasteiger partial charge in [-0.1, -0.05) is 40.0 Å². The van der Waals surface area contributed by atoms with Crippen LogP contribution in [0.2, 0.25) is 0 Å². The summed E-state index contributed by atoms with van der Waals surface area (Å²) in [5.74, 6) is 1.31.